The van der Waals surface area contributed by atoms with Crippen LogP contribution in [0.25, 0.3) is 0 Å². The summed E-state index contributed by atoms with van der Waals surface area (Å²) in [6, 6.07) is 7.95. The molecule has 0 aliphatic carbocycles. The summed E-state index contributed by atoms with van der Waals surface area (Å²) in [6.07, 6.45) is 2.42. The third-order valence-corrected chi connectivity index (χ3v) is 5.44. The van der Waals surface area contributed by atoms with Crippen molar-refractivity contribution in [2.45, 2.75) is 33.2 Å². The second-order valence-corrected chi connectivity index (χ2v) is 6.50. The number of hydrogen-bond acceptors (Lipinski definition) is 3. The Morgan fingerprint density at radius 3 is 2.74 bits per heavy atom. The number of amidine groups is 1. The number of nitrogens with one attached hydrogen (secondary N) is 1. The van der Waals surface area contributed by atoms with Crippen molar-refractivity contribution < 1.29 is 0 Å². The summed E-state index contributed by atoms with van der Waals surface area (Å²) >= 11 is 7.83. The summed E-state index contributed by atoms with van der Waals surface area (Å²) < 4.78 is 0. The van der Waals surface area contributed by atoms with Gasteiger partial charge in [0.15, 0.2) is 5.17 Å². The molecule has 0 atom stereocenters. The molecular formula is C15H21ClN2S. The minimum absolute atomic E-state index is 0.409. The SMILES string of the molecule is CCC1(CC)CN=C(NCc2cccc(Cl)c2)SC1. The Balaban J connectivity index is 1.90. The molecule has 2 rings (SSSR count). The Morgan fingerprint density at radius 2 is 2.16 bits per heavy atom. The Labute approximate surface area is 125 Å². The fraction of sp³-hybridized carbons (Fsp3) is 0.533. The third kappa shape index (κ3) is 3.90. The topological polar surface area (TPSA) is 24.4 Å². The number of halogens is 1. The van der Waals surface area contributed by atoms with Gasteiger partial charge in [-0.15, -0.1) is 0 Å². The van der Waals surface area contributed by atoms with Crippen molar-refractivity contribution >= 4 is 28.5 Å². The van der Waals surface area contributed by atoms with Crippen LogP contribution in [0.5, 0.6) is 0 Å². The van der Waals surface area contributed by atoms with Gasteiger partial charge in [0.25, 0.3) is 0 Å². The van der Waals surface area contributed by atoms with Gasteiger partial charge >= 0.3 is 0 Å². The average Bonchev–Trinajstić information content (AvgIpc) is 2.46. The lowest BCUT2D eigenvalue weighted by atomic mass is 9.84. The molecule has 0 unspecified atom stereocenters. The molecule has 0 radical (unpaired) electrons. The van der Waals surface area contributed by atoms with Gasteiger partial charge in [-0.3, -0.25) is 4.99 Å². The van der Waals surface area contributed by atoms with E-state index in [0.717, 1.165) is 23.3 Å². The van der Waals surface area contributed by atoms with Crippen LogP contribution in [0.4, 0.5) is 0 Å². The van der Waals surface area contributed by atoms with Crippen LogP contribution >= 0.6 is 23.4 Å². The number of hydrogen-bond donors (Lipinski definition) is 1. The Morgan fingerprint density at radius 1 is 1.37 bits per heavy atom. The molecule has 0 aromatic heterocycles. The predicted molar refractivity (Wildman–Crippen MR) is 86.1 cm³/mol. The molecule has 0 saturated carbocycles. The van der Waals surface area contributed by atoms with E-state index in [9.17, 15) is 0 Å². The normalized spacial score (nSPS) is 17.9. The number of benzene rings is 1. The van der Waals surface area contributed by atoms with E-state index in [1.807, 2.05) is 30.0 Å². The second kappa shape index (κ2) is 6.67. The van der Waals surface area contributed by atoms with Crippen LogP contribution < -0.4 is 5.32 Å². The molecule has 1 aliphatic rings. The molecule has 1 aliphatic heterocycles. The number of aliphatic imine (C=N–C) groups is 1. The van der Waals surface area contributed by atoms with Crippen LogP contribution in [-0.2, 0) is 6.54 Å². The van der Waals surface area contributed by atoms with Gasteiger partial charge in [-0.05, 0) is 36.0 Å². The van der Waals surface area contributed by atoms with Gasteiger partial charge in [-0.2, -0.15) is 0 Å². The zero-order chi connectivity index (χ0) is 13.7. The molecule has 1 aromatic carbocycles. The van der Waals surface area contributed by atoms with Crippen molar-refractivity contribution in [3.63, 3.8) is 0 Å². The van der Waals surface area contributed by atoms with E-state index in [2.05, 4.69) is 25.2 Å². The van der Waals surface area contributed by atoms with Crippen LogP contribution in [0.3, 0.4) is 0 Å². The highest BCUT2D eigenvalue weighted by atomic mass is 35.5. The molecule has 0 saturated heterocycles. The molecule has 0 bridgehead atoms. The van der Waals surface area contributed by atoms with Gasteiger partial charge in [-0.1, -0.05) is 49.3 Å². The van der Waals surface area contributed by atoms with Gasteiger partial charge in [0.2, 0.25) is 0 Å². The predicted octanol–water partition coefficient (Wildman–Crippen LogP) is 4.34. The van der Waals surface area contributed by atoms with Crippen LogP contribution in [0.1, 0.15) is 32.3 Å². The van der Waals surface area contributed by atoms with Crippen molar-refractivity contribution in [2.24, 2.45) is 10.4 Å². The van der Waals surface area contributed by atoms with E-state index in [1.165, 1.54) is 24.2 Å². The maximum atomic E-state index is 5.98. The summed E-state index contributed by atoms with van der Waals surface area (Å²) in [5, 5.41) is 5.26. The van der Waals surface area contributed by atoms with Crippen LogP contribution in [-0.4, -0.2) is 17.5 Å². The summed E-state index contributed by atoms with van der Waals surface area (Å²) in [7, 11) is 0. The highest BCUT2D eigenvalue weighted by Crippen LogP contribution is 2.34. The largest absolute Gasteiger partial charge is 0.361 e. The van der Waals surface area contributed by atoms with E-state index in [0.29, 0.717) is 5.41 Å². The molecule has 0 fully saturated rings. The molecule has 0 amide bonds. The van der Waals surface area contributed by atoms with Crippen molar-refractivity contribution in [1.82, 2.24) is 5.32 Å². The van der Waals surface area contributed by atoms with Crippen LogP contribution in [0, 0.1) is 5.41 Å². The van der Waals surface area contributed by atoms with E-state index in [4.69, 9.17) is 16.6 Å². The summed E-state index contributed by atoms with van der Waals surface area (Å²) in [5.74, 6) is 1.17. The van der Waals surface area contributed by atoms with Crippen molar-refractivity contribution in [3.05, 3.63) is 34.9 Å². The maximum Gasteiger partial charge on any atom is 0.156 e. The lowest BCUT2D eigenvalue weighted by Crippen LogP contribution is -2.34. The van der Waals surface area contributed by atoms with E-state index in [-0.39, 0.29) is 0 Å². The Hall–Kier alpha value is -0.670. The molecule has 1 aromatic rings. The number of thioether (sulfide) groups is 1. The molecular weight excluding hydrogens is 276 g/mol. The van der Waals surface area contributed by atoms with E-state index < -0.39 is 0 Å². The quantitative estimate of drug-likeness (QED) is 0.894. The van der Waals surface area contributed by atoms with Crippen molar-refractivity contribution in [1.29, 1.82) is 0 Å². The lowest BCUT2D eigenvalue weighted by Gasteiger charge is -2.33. The maximum absolute atomic E-state index is 5.98. The first-order chi connectivity index (χ1) is 9.17. The van der Waals surface area contributed by atoms with E-state index in [1.54, 1.807) is 0 Å². The van der Waals surface area contributed by atoms with Crippen LogP contribution in [0.2, 0.25) is 5.02 Å². The highest BCUT2D eigenvalue weighted by Gasteiger charge is 2.29. The lowest BCUT2D eigenvalue weighted by molar-refractivity contribution is 0.318. The molecule has 0 spiro atoms. The number of rotatable bonds is 4. The Kier molecular flexibility index (Phi) is 5.17. The zero-order valence-electron chi connectivity index (χ0n) is 11.6. The highest BCUT2D eigenvalue weighted by molar-refractivity contribution is 8.13. The molecule has 2 nitrogen and oxygen atoms in total. The monoisotopic (exact) mass is 296 g/mol. The minimum atomic E-state index is 0.409. The van der Waals surface area contributed by atoms with E-state index >= 15 is 0 Å². The Bertz CT molecular complexity index is 455. The fourth-order valence-corrected chi connectivity index (χ4v) is 3.65. The minimum Gasteiger partial charge on any atom is -0.361 e. The molecule has 4 heteroatoms. The first-order valence-electron chi connectivity index (χ1n) is 6.83. The van der Waals surface area contributed by atoms with Crippen LogP contribution in [0.15, 0.2) is 29.3 Å². The second-order valence-electron chi connectivity index (χ2n) is 5.10. The number of nitrogens with zero attached hydrogens (tertiary/aromatic N) is 1. The molecule has 1 N–H and O–H groups in total. The van der Waals surface area contributed by atoms with Crippen molar-refractivity contribution in [3.8, 4) is 0 Å². The summed E-state index contributed by atoms with van der Waals surface area (Å²) in [6.45, 7) is 6.27. The first-order valence-corrected chi connectivity index (χ1v) is 8.19. The molecule has 1 heterocycles. The van der Waals surface area contributed by atoms with Gasteiger partial charge in [0.05, 0.1) is 0 Å². The third-order valence-electron chi connectivity index (χ3n) is 3.91. The van der Waals surface area contributed by atoms with Gasteiger partial charge in [0, 0.05) is 23.9 Å². The smallest absolute Gasteiger partial charge is 0.156 e. The first kappa shape index (κ1) is 14.7. The molecule has 19 heavy (non-hydrogen) atoms. The standard InChI is InChI=1S/C15H21ClN2S/c1-3-15(4-2)10-18-14(19-11-15)17-9-12-6-5-7-13(16)8-12/h5-8H,3-4,9-11H2,1-2H3,(H,17,18). The van der Waals surface area contributed by atoms with Crippen molar-refractivity contribution in [2.75, 3.05) is 12.3 Å². The van der Waals surface area contributed by atoms with Gasteiger partial charge in [0.1, 0.15) is 0 Å². The summed E-state index contributed by atoms with van der Waals surface area (Å²) in [4.78, 5) is 4.70. The van der Waals surface area contributed by atoms with Gasteiger partial charge in [-0.25, -0.2) is 0 Å². The summed E-state index contributed by atoms with van der Waals surface area (Å²) in [5.41, 5.74) is 1.60. The van der Waals surface area contributed by atoms with Gasteiger partial charge < -0.3 is 5.32 Å². The average molecular weight is 297 g/mol. The molecule has 104 valence electrons. The fourth-order valence-electron chi connectivity index (χ4n) is 2.16. The zero-order valence-corrected chi connectivity index (χ0v) is 13.2.